The Hall–Kier alpha value is -1.78. The Bertz CT molecular complexity index is 1610. The molecule has 11 unspecified atom stereocenters. The molecule has 1 spiro atoms. The third-order valence-corrected chi connectivity index (χ3v) is 18.2. The van der Waals surface area contributed by atoms with Gasteiger partial charge in [-0.05, 0) is 120 Å². The molecular weight excluding hydrogens is 759 g/mol. The lowest BCUT2D eigenvalue weighted by Gasteiger charge is -2.60. The van der Waals surface area contributed by atoms with Crippen molar-refractivity contribution in [1.82, 2.24) is 36.8 Å². The van der Waals surface area contributed by atoms with Crippen LogP contribution in [-0.4, -0.2) is 107 Å². The van der Waals surface area contributed by atoms with Crippen molar-refractivity contribution in [3.63, 3.8) is 0 Å². The first kappa shape index (κ1) is 42.5. The molecule has 4 saturated heterocycles. The molecule has 5 N–H and O–H groups in total. The molecule has 0 bridgehead atoms. The number of nitrogens with zero attached hydrogens (tertiary/aromatic N) is 4. The number of rotatable bonds is 8. The van der Waals surface area contributed by atoms with Gasteiger partial charge in [-0.1, -0.05) is 32.6 Å². The van der Waals surface area contributed by atoms with Crippen LogP contribution < -0.4 is 27.0 Å². The molecule has 8 fully saturated rings. The number of nitriles is 1. The average Bonchev–Trinajstić information content (AvgIpc) is 3.70. The second-order valence-corrected chi connectivity index (χ2v) is 21.8. The van der Waals surface area contributed by atoms with E-state index in [0.29, 0.717) is 64.0 Å². The van der Waals surface area contributed by atoms with E-state index < -0.39 is 0 Å². The largest absolute Gasteiger partial charge is 0.380 e. The number of ether oxygens (including phenoxy) is 2. The van der Waals surface area contributed by atoms with Gasteiger partial charge < -0.3 is 14.8 Å². The smallest absolute Gasteiger partial charge is 0.238 e. The van der Waals surface area contributed by atoms with E-state index in [1.165, 1.54) is 38.5 Å². The molecule has 9 rings (SSSR count). The Kier molecular flexibility index (Phi) is 13.1. The van der Waals surface area contributed by atoms with Gasteiger partial charge in [-0.2, -0.15) is 5.26 Å². The van der Waals surface area contributed by atoms with Crippen molar-refractivity contribution in [2.45, 2.75) is 196 Å². The highest BCUT2D eigenvalue weighted by atomic mass is 32.2. The molecule has 4 aliphatic carbocycles. The van der Waals surface area contributed by atoms with Gasteiger partial charge >= 0.3 is 0 Å². The van der Waals surface area contributed by atoms with Crippen LogP contribution in [0.2, 0.25) is 0 Å². The second kappa shape index (κ2) is 18.1. The number of nitrogens with one attached hydrogen (secondary N) is 5. The first-order valence-corrected chi connectivity index (χ1v) is 24.7. The van der Waals surface area contributed by atoms with Gasteiger partial charge in [0.05, 0.1) is 60.2 Å². The van der Waals surface area contributed by atoms with Gasteiger partial charge in [0.25, 0.3) is 0 Å². The zero-order valence-corrected chi connectivity index (χ0v) is 37.3. The maximum atomic E-state index is 13.2. The molecule has 0 aromatic carbocycles. The summed E-state index contributed by atoms with van der Waals surface area (Å²) in [5, 5.41) is 13.9. The maximum Gasteiger partial charge on any atom is 0.238 e. The van der Waals surface area contributed by atoms with E-state index in [1.807, 2.05) is 0 Å². The summed E-state index contributed by atoms with van der Waals surface area (Å²) in [7, 11) is 1.70. The summed E-state index contributed by atoms with van der Waals surface area (Å²) in [5.41, 5.74) is 16.0. The second-order valence-electron chi connectivity index (χ2n) is 20.3. The molecule has 12 nitrogen and oxygen atoms in total. The zero-order chi connectivity index (χ0) is 40.8. The number of carbonyl (C=O) groups is 1. The standard InChI is InChI=1S/C46H73N9O3S/c1-6-37-43-53-50-29(4)55(43)45-41(27(2)28(3)59-45)42(49-37)32-11-9-30(10-12-32)7-8-31-22-46(23-31)25-54(26-46)40-20-19-38(51-52-40)44(56)48-34-14-17-35(18-15-34)58-36-16-13-33(24-47)39(21-36)57-5/h27-41,43,45,50-53H,6,9-23,25-26H2,1-5H3,(H,48,56)/t27?,28?,29?,30?,32?,33?,34?,35?,36?,37-,38?,39?,40?,41?,43?,45?/m0/s1. The van der Waals surface area contributed by atoms with Gasteiger partial charge in [0.15, 0.2) is 0 Å². The predicted octanol–water partition coefficient (Wildman–Crippen LogP) is 5.27. The zero-order valence-electron chi connectivity index (χ0n) is 36.5. The summed E-state index contributed by atoms with van der Waals surface area (Å²) in [5.74, 6) is 10.5. The number of carbonyl (C=O) groups excluding carboxylic acids is 1. The van der Waals surface area contributed by atoms with Crippen molar-refractivity contribution in [3.05, 3.63) is 0 Å². The third kappa shape index (κ3) is 8.78. The number of amides is 1. The van der Waals surface area contributed by atoms with Crippen LogP contribution in [0.3, 0.4) is 0 Å². The van der Waals surface area contributed by atoms with E-state index >= 15 is 0 Å². The van der Waals surface area contributed by atoms with Crippen molar-refractivity contribution in [1.29, 1.82) is 5.26 Å². The van der Waals surface area contributed by atoms with Crippen molar-refractivity contribution in [3.8, 4) is 17.9 Å². The lowest BCUT2D eigenvalue weighted by molar-refractivity contribution is -0.131. The Morgan fingerprint density at radius 3 is 2.36 bits per heavy atom. The number of likely N-dealkylation sites (tertiary alicyclic amines) is 1. The maximum absolute atomic E-state index is 13.2. The molecule has 0 aromatic heterocycles. The number of hydrogen-bond donors (Lipinski definition) is 5. The van der Waals surface area contributed by atoms with Crippen LogP contribution in [-0.2, 0) is 14.3 Å². The van der Waals surface area contributed by atoms with Crippen molar-refractivity contribution < 1.29 is 14.3 Å². The molecule has 9 aliphatic rings. The van der Waals surface area contributed by atoms with E-state index in [9.17, 15) is 10.1 Å². The molecule has 13 heteroatoms. The number of hydrogen-bond acceptors (Lipinski definition) is 12. The molecular formula is C46H73N9O3S. The van der Waals surface area contributed by atoms with Gasteiger partial charge in [-0.15, -0.1) is 11.8 Å². The van der Waals surface area contributed by atoms with Gasteiger partial charge in [0.1, 0.15) is 6.04 Å². The van der Waals surface area contributed by atoms with Crippen molar-refractivity contribution in [2.75, 3.05) is 20.2 Å². The molecule has 0 aromatic rings. The summed E-state index contributed by atoms with van der Waals surface area (Å²) in [4.78, 5) is 24.2. The Morgan fingerprint density at radius 2 is 1.66 bits per heavy atom. The highest BCUT2D eigenvalue weighted by molar-refractivity contribution is 8.00. The van der Waals surface area contributed by atoms with E-state index in [2.05, 4.69) is 94.2 Å². The molecule has 1 amide bonds. The van der Waals surface area contributed by atoms with Gasteiger partial charge in [-0.3, -0.25) is 19.6 Å². The average molecular weight is 832 g/mol. The molecule has 5 aliphatic heterocycles. The fourth-order valence-corrected chi connectivity index (χ4v) is 14.7. The molecule has 12 atom stereocenters. The first-order chi connectivity index (χ1) is 28.6. The van der Waals surface area contributed by atoms with Crippen LogP contribution in [0.1, 0.15) is 130 Å². The lowest BCUT2D eigenvalue weighted by atomic mass is 9.57. The monoisotopic (exact) mass is 832 g/mol. The van der Waals surface area contributed by atoms with Crippen LogP contribution in [0.5, 0.6) is 0 Å². The summed E-state index contributed by atoms with van der Waals surface area (Å²) < 4.78 is 12.0. The Balaban J connectivity index is 0.667. The highest BCUT2D eigenvalue weighted by Crippen LogP contribution is 2.53. The molecule has 0 radical (unpaired) electrons. The summed E-state index contributed by atoms with van der Waals surface area (Å²) >= 11 is 2.19. The van der Waals surface area contributed by atoms with Crippen LogP contribution in [0.4, 0.5) is 0 Å². The van der Waals surface area contributed by atoms with Crippen LogP contribution in [0.25, 0.3) is 0 Å². The van der Waals surface area contributed by atoms with E-state index in [4.69, 9.17) is 14.5 Å². The van der Waals surface area contributed by atoms with Crippen LogP contribution >= 0.6 is 11.8 Å². The number of aliphatic imine (C=N–C) groups is 1. The van der Waals surface area contributed by atoms with E-state index in [0.717, 1.165) is 77.3 Å². The summed E-state index contributed by atoms with van der Waals surface area (Å²) in [6, 6.07) is 2.72. The minimum absolute atomic E-state index is 0.0249. The minimum Gasteiger partial charge on any atom is -0.380 e. The minimum atomic E-state index is -0.189. The number of methoxy groups -OCH3 is 1. The molecule has 59 heavy (non-hydrogen) atoms. The van der Waals surface area contributed by atoms with Crippen LogP contribution in [0, 0.1) is 64.1 Å². The third-order valence-electron chi connectivity index (χ3n) is 16.5. The fraction of sp³-hybridized carbons (Fsp3) is 0.891. The van der Waals surface area contributed by atoms with E-state index in [-0.39, 0.29) is 48.4 Å². The lowest BCUT2D eigenvalue weighted by Crippen LogP contribution is -2.70. The number of fused-ring (bicyclic) bond motifs is 3. The normalized spacial score (nSPS) is 45.1. The quantitative estimate of drug-likeness (QED) is 0.205. The first-order valence-electron chi connectivity index (χ1n) is 23.8. The number of thioether (sulfide) groups is 1. The molecule has 4 saturated carbocycles. The van der Waals surface area contributed by atoms with Crippen molar-refractivity contribution >= 4 is 23.4 Å². The van der Waals surface area contributed by atoms with Crippen molar-refractivity contribution in [2.24, 2.45) is 45.9 Å². The van der Waals surface area contributed by atoms with Gasteiger partial charge in [0, 0.05) is 61.4 Å². The van der Waals surface area contributed by atoms with Gasteiger partial charge in [-0.25, -0.2) is 21.7 Å². The fourth-order valence-electron chi connectivity index (χ4n) is 12.8. The summed E-state index contributed by atoms with van der Waals surface area (Å²) in [6.07, 6.45) is 18.0. The SMILES string of the molecule is CC[C@@H]1N=C(C2CCC(C#CC3CC4(C3)CN(C3CCC(C(=O)NC5CCC(OC6CCC(C#N)C(OC)C6)CC5)NN3)C4)CC2)C2C(C)C(C)SC2N2C(C)NNC12. The predicted molar refractivity (Wildman–Crippen MR) is 232 cm³/mol. The Labute approximate surface area is 358 Å². The highest BCUT2D eigenvalue weighted by Gasteiger charge is 2.55. The number of hydrazine groups is 2. The van der Waals surface area contributed by atoms with E-state index in [1.54, 1.807) is 12.8 Å². The molecule has 326 valence electrons. The topological polar surface area (TPSA) is 138 Å². The summed E-state index contributed by atoms with van der Waals surface area (Å²) in [6.45, 7) is 11.8. The van der Waals surface area contributed by atoms with Crippen LogP contribution in [0.15, 0.2) is 4.99 Å². The van der Waals surface area contributed by atoms with Gasteiger partial charge in [0.2, 0.25) is 5.91 Å². The Morgan fingerprint density at radius 1 is 0.915 bits per heavy atom. The molecule has 5 heterocycles.